The number of nitrogens with one attached hydrogen (secondary N) is 1. The summed E-state index contributed by atoms with van der Waals surface area (Å²) in [7, 11) is 0. The number of non-ortho nitro benzene ring substituents is 1. The number of anilines is 1. The zero-order valence-electron chi connectivity index (χ0n) is 18.6. The highest BCUT2D eigenvalue weighted by Crippen LogP contribution is 2.61. The van der Waals surface area contributed by atoms with Crippen LogP contribution < -0.4 is 5.32 Å². The van der Waals surface area contributed by atoms with Gasteiger partial charge in [-0.15, -0.1) is 0 Å². The molecular formula is C26H21ClN4O4. The Bertz CT molecular complexity index is 1380. The number of pyridine rings is 1. The number of aromatic nitrogens is 1. The van der Waals surface area contributed by atoms with Crippen molar-refractivity contribution in [3.63, 3.8) is 0 Å². The first-order chi connectivity index (χ1) is 16.9. The monoisotopic (exact) mass is 488 g/mol. The molecule has 2 aromatic carbocycles. The van der Waals surface area contributed by atoms with Gasteiger partial charge in [0, 0.05) is 58.3 Å². The number of hydrogen-bond donors (Lipinski definition) is 1. The first kappa shape index (κ1) is 21.9. The molecule has 9 heteroatoms. The molecule has 3 aliphatic rings. The quantitative estimate of drug-likeness (QED) is 0.328. The fourth-order valence-electron chi connectivity index (χ4n) is 6.44. The van der Waals surface area contributed by atoms with E-state index in [0.29, 0.717) is 33.9 Å². The third-order valence-corrected chi connectivity index (χ3v) is 7.89. The van der Waals surface area contributed by atoms with E-state index in [1.54, 1.807) is 42.6 Å². The number of ketones is 1. The number of nitro groups is 1. The average Bonchev–Trinajstić information content (AvgIpc) is 3.52. The highest BCUT2D eigenvalue weighted by Gasteiger charge is 2.69. The lowest BCUT2D eigenvalue weighted by Crippen LogP contribution is -2.52. The fraction of sp³-hybridized carbons (Fsp3) is 0.269. The van der Waals surface area contributed by atoms with Crippen LogP contribution in [0.25, 0.3) is 0 Å². The maximum absolute atomic E-state index is 14.3. The Morgan fingerprint density at radius 3 is 2.83 bits per heavy atom. The van der Waals surface area contributed by atoms with E-state index >= 15 is 0 Å². The number of nitrogens with zero attached hydrogens (tertiary/aromatic N) is 3. The van der Waals surface area contributed by atoms with Crippen LogP contribution in [0.15, 0.2) is 67.0 Å². The van der Waals surface area contributed by atoms with Crippen LogP contribution in [0.4, 0.5) is 11.4 Å². The first-order valence-corrected chi connectivity index (χ1v) is 11.9. The number of carbonyl (C=O) groups excluding carboxylic acids is 2. The molecule has 0 bridgehead atoms. The molecule has 35 heavy (non-hydrogen) atoms. The van der Waals surface area contributed by atoms with E-state index in [1.807, 2.05) is 6.07 Å². The highest BCUT2D eigenvalue weighted by atomic mass is 35.5. The summed E-state index contributed by atoms with van der Waals surface area (Å²) in [4.78, 5) is 45.6. The lowest BCUT2D eigenvalue weighted by atomic mass is 9.69. The van der Waals surface area contributed by atoms with Crippen LogP contribution in [0.1, 0.15) is 40.2 Å². The van der Waals surface area contributed by atoms with Crippen molar-refractivity contribution in [2.45, 2.75) is 30.3 Å². The van der Waals surface area contributed by atoms with Gasteiger partial charge in [0.15, 0.2) is 5.78 Å². The predicted octanol–water partition coefficient (Wildman–Crippen LogP) is 4.55. The molecule has 176 valence electrons. The van der Waals surface area contributed by atoms with Gasteiger partial charge in [0.05, 0.1) is 10.8 Å². The standard InChI is InChI=1S/C26H21ClN4O4/c27-17-8-9-20-19(13-17)26(25(33)29-20)23(24(32)16-5-2-10-28-14-16)22(21-7-3-11-30(21)26)15-4-1-6-18(12-15)31(34)35/h1-2,4-6,8-10,12-14,21-23H,3,7,11H2,(H,29,33)/t21-,22-,23+,26-/m1/s1. The number of carbonyl (C=O) groups is 2. The minimum Gasteiger partial charge on any atom is -0.324 e. The molecule has 3 aromatic rings. The molecule has 0 unspecified atom stereocenters. The van der Waals surface area contributed by atoms with E-state index in [1.165, 1.54) is 18.3 Å². The summed E-state index contributed by atoms with van der Waals surface area (Å²) < 4.78 is 0. The van der Waals surface area contributed by atoms with Crippen LogP contribution in [0.5, 0.6) is 0 Å². The number of fused-ring (bicyclic) bond motifs is 4. The molecule has 1 spiro atoms. The number of hydrogen-bond acceptors (Lipinski definition) is 6. The molecule has 0 radical (unpaired) electrons. The van der Waals surface area contributed by atoms with Crippen molar-refractivity contribution in [1.82, 2.24) is 9.88 Å². The predicted molar refractivity (Wildman–Crippen MR) is 129 cm³/mol. The minimum absolute atomic E-state index is 0.0418. The Hall–Kier alpha value is -3.62. The van der Waals surface area contributed by atoms with Crippen LogP contribution in [-0.4, -0.2) is 39.1 Å². The van der Waals surface area contributed by atoms with Gasteiger partial charge in [-0.05, 0) is 55.3 Å². The van der Waals surface area contributed by atoms with E-state index < -0.39 is 22.3 Å². The van der Waals surface area contributed by atoms with Crippen molar-refractivity contribution in [3.8, 4) is 0 Å². The minimum atomic E-state index is -1.27. The van der Waals surface area contributed by atoms with Gasteiger partial charge in [-0.3, -0.25) is 29.6 Å². The molecule has 0 saturated carbocycles. The fourth-order valence-corrected chi connectivity index (χ4v) is 6.61. The Balaban J connectivity index is 1.63. The lowest BCUT2D eigenvalue weighted by molar-refractivity contribution is -0.384. The molecule has 1 N–H and O–H groups in total. The second kappa shape index (κ2) is 7.96. The normalized spacial score (nSPS) is 27.0. The molecule has 2 fully saturated rings. The van der Waals surface area contributed by atoms with Gasteiger partial charge in [0.2, 0.25) is 5.91 Å². The number of halogens is 1. The third kappa shape index (κ3) is 3.06. The van der Waals surface area contributed by atoms with Gasteiger partial charge >= 0.3 is 0 Å². The van der Waals surface area contributed by atoms with Crippen LogP contribution >= 0.6 is 11.6 Å². The van der Waals surface area contributed by atoms with Gasteiger partial charge < -0.3 is 5.32 Å². The summed E-state index contributed by atoms with van der Waals surface area (Å²) in [6.07, 6.45) is 4.73. The van der Waals surface area contributed by atoms with Gasteiger partial charge in [-0.25, -0.2) is 0 Å². The van der Waals surface area contributed by atoms with E-state index in [-0.39, 0.29) is 23.4 Å². The summed E-state index contributed by atoms with van der Waals surface area (Å²) in [6, 6.07) is 14.9. The molecule has 1 aromatic heterocycles. The van der Waals surface area contributed by atoms with Crippen molar-refractivity contribution < 1.29 is 14.5 Å². The maximum atomic E-state index is 14.3. The highest BCUT2D eigenvalue weighted by molar-refractivity contribution is 6.31. The van der Waals surface area contributed by atoms with Gasteiger partial charge in [-0.1, -0.05) is 23.7 Å². The Morgan fingerprint density at radius 2 is 2.06 bits per heavy atom. The SMILES string of the molecule is O=C(c1cccnc1)[C@@H]1[C@H](c2cccc([N+](=O)[O-])c2)[C@H]2CCCN2[C@@]12C(=O)Nc1ccc(Cl)cc12. The Morgan fingerprint density at radius 1 is 1.20 bits per heavy atom. The molecule has 6 rings (SSSR count). The van der Waals surface area contributed by atoms with Gasteiger partial charge in [0.1, 0.15) is 5.54 Å². The summed E-state index contributed by atoms with van der Waals surface area (Å²) in [5.41, 5.74) is 1.07. The molecule has 3 aliphatic heterocycles. The molecule has 4 atom stereocenters. The summed E-state index contributed by atoms with van der Waals surface area (Å²) >= 11 is 6.40. The molecule has 0 aliphatic carbocycles. The first-order valence-electron chi connectivity index (χ1n) is 11.5. The average molecular weight is 489 g/mol. The molecular weight excluding hydrogens is 468 g/mol. The van der Waals surface area contributed by atoms with Crippen molar-refractivity contribution in [2.75, 3.05) is 11.9 Å². The maximum Gasteiger partial charge on any atom is 0.269 e. The summed E-state index contributed by atoms with van der Waals surface area (Å²) in [6.45, 7) is 0.631. The number of rotatable bonds is 4. The van der Waals surface area contributed by atoms with E-state index in [9.17, 15) is 19.7 Å². The van der Waals surface area contributed by atoms with Gasteiger partial charge in [0.25, 0.3) is 5.69 Å². The number of amides is 1. The molecule has 4 heterocycles. The number of benzene rings is 2. The summed E-state index contributed by atoms with van der Waals surface area (Å²) in [5, 5.41) is 15.0. The summed E-state index contributed by atoms with van der Waals surface area (Å²) in [5.74, 6) is -1.73. The van der Waals surface area contributed by atoms with Crippen molar-refractivity contribution in [3.05, 3.63) is 98.8 Å². The second-order valence-electron chi connectivity index (χ2n) is 9.27. The van der Waals surface area contributed by atoms with Gasteiger partial charge in [-0.2, -0.15) is 0 Å². The zero-order valence-corrected chi connectivity index (χ0v) is 19.3. The van der Waals surface area contributed by atoms with Crippen molar-refractivity contribution in [1.29, 1.82) is 0 Å². The number of nitro benzene ring substituents is 1. The largest absolute Gasteiger partial charge is 0.324 e. The molecule has 8 nitrogen and oxygen atoms in total. The van der Waals surface area contributed by atoms with Crippen LogP contribution in [0, 0.1) is 16.0 Å². The lowest BCUT2D eigenvalue weighted by Gasteiger charge is -2.36. The van der Waals surface area contributed by atoms with Crippen LogP contribution in [0.3, 0.4) is 0 Å². The smallest absolute Gasteiger partial charge is 0.269 e. The van der Waals surface area contributed by atoms with Crippen LogP contribution in [0.2, 0.25) is 5.02 Å². The Kier molecular flexibility index (Phi) is 4.98. The Labute approximate surface area is 206 Å². The topological polar surface area (TPSA) is 105 Å². The van der Waals surface area contributed by atoms with E-state index in [2.05, 4.69) is 15.2 Å². The van der Waals surface area contributed by atoms with Crippen LogP contribution in [-0.2, 0) is 10.3 Å². The van der Waals surface area contributed by atoms with Crippen molar-refractivity contribution >= 4 is 34.7 Å². The molecule has 1 amide bonds. The second-order valence-corrected chi connectivity index (χ2v) is 9.71. The third-order valence-electron chi connectivity index (χ3n) is 7.66. The number of Topliss-reactive ketones (excluding diaryl/α,β-unsaturated/α-hetero) is 1. The molecule has 2 saturated heterocycles. The van der Waals surface area contributed by atoms with E-state index in [0.717, 1.165) is 12.8 Å². The van der Waals surface area contributed by atoms with Crippen molar-refractivity contribution in [2.24, 2.45) is 5.92 Å². The zero-order chi connectivity index (χ0) is 24.3. The van der Waals surface area contributed by atoms with E-state index in [4.69, 9.17) is 11.6 Å².